The summed E-state index contributed by atoms with van der Waals surface area (Å²) < 4.78 is 13.7. The summed E-state index contributed by atoms with van der Waals surface area (Å²) in [6.07, 6.45) is 3.69. The van der Waals surface area contributed by atoms with Crippen molar-refractivity contribution in [1.82, 2.24) is 4.40 Å². The van der Waals surface area contributed by atoms with Gasteiger partial charge in [0, 0.05) is 17.3 Å². The molecule has 0 saturated heterocycles. The standard InChI is InChI=1S/C34H29NO4/c1-2-38-34(37)30-29(25-19-20-25)32(33(36)27-17-10-9-16-26(27)24-14-7-4-8-15-24)35-21-11-18-28(31(30)35)39-22-23-12-5-3-6-13-23/h3-18,21,25H,2,19-20,22H2,1H3. The van der Waals surface area contributed by atoms with Gasteiger partial charge in [0.2, 0.25) is 5.78 Å². The first-order valence-electron chi connectivity index (χ1n) is 13.4. The van der Waals surface area contributed by atoms with Crippen molar-refractivity contribution in [3.8, 4) is 16.9 Å². The van der Waals surface area contributed by atoms with Crippen molar-refractivity contribution < 1.29 is 19.1 Å². The van der Waals surface area contributed by atoms with Crippen molar-refractivity contribution in [2.45, 2.75) is 32.3 Å². The minimum atomic E-state index is -0.428. The van der Waals surface area contributed by atoms with Crippen molar-refractivity contribution in [2.75, 3.05) is 6.61 Å². The molecule has 5 nitrogen and oxygen atoms in total. The van der Waals surface area contributed by atoms with Gasteiger partial charge in [-0.25, -0.2) is 4.79 Å². The van der Waals surface area contributed by atoms with Gasteiger partial charge in [-0.1, -0.05) is 84.9 Å². The Balaban J connectivity index is 1.55. The smallest absolute Gasteiger partial charge is 0.340 e. The van der Waals surface area contributed by atoms with Crippen LogP contribution in [0.4, 0.5) is 0 Å². The molecule has 1 saturated carbocycles. The molecule has 0 N–H and O–H groups in total. The molecule has 1 aliphatic rings. The third-order valence-electron chi connectivity index (χ3n) is 7.13. The highest BCUT2D eigenvalue weighted by Gasteiger charge is 2.39. The van der Waals surface area contributed by atoms with Crippen LogP contribution >= 0.6 is 0 Å². The van der Waals surface area contributed by atoms with Crippen molar-refractivity contribution in [3.05, 3.63) is 131 Å². The second-order valence-electron chi connectivity index (χ2n) is 9.74. The molecule has 39 heavy (non-hydrogen) atoms. The number of hydrogen-bond acceptors (Lipinski definition) is 4. The number of ketones is 1. The molecule has 1 fully saturated rings. The van der Waals surface area contributed by atoms with Crippen molar-refractivity contribution in [3.63, 3.8) is 0 Å². The Morgan fingerprint density at radius 1 is 0.846 bits per heavy atom. The van der Waals surface area contributed by atoms with Gasteiger partial charge in [0.25, 0.3) is 0 Å². The lowest BCUT2D eigenvalue weighted by Gasteiger charge is -2.12. The Labute approximate surface area is 227 Å². The second kappa shape index (κ2) is 10.6. The number of rotatable bonds is 9. The average Bonchev–Trinajstić information content (AvgIpc) is 3.77. The van der Waals surface area contributed by atoms with Gasteiger partial charge in [-0.15, -0.1) is 0 Å². The number of carbonyl (C=O) groups is 2. The molecule has 5 aromatic rings. The SMILES string of the molecule is CCOC(=O)c1c(C2CC2)c(C(=O)c2ccccc2-c2ccccc2)n2cccc(OCc3ccccc3)c12. The van der Waals surface area contributed by atoms with Gasteiger partial charge >= 0.3 is 5.97 Å². The predicted molar refractivity (Wildman–Crippen MR) is 151 cm³/mol. The second-order valence-corrected chi connectivity index (χ2v) is 9.74. The molecule has 0 unspecified atom stereocenters. The Morgan fingerprint density at radius 2 is 1.54 bits per heavy atom. The van der Waals surface area contributed by atoms with Gasteiger partial charge in [0.05, 0.1) is 17.9 Å². The number of esters is 1. The molecule has 0 radical (unpaired) electrons. The lowest BCUT2D eigenvalue weighted by Crippen LogP contribution is -2.11. The molecule has 0 atom stereocenters. The highest BCUT2D eigenvalue weighted by molar-refractivity contribution is 6.16. The largest absolute Gasteiger partial charge is 0.487 e. The summed E-state index contributed by atoms with van der Waals surface area (Å²) in [5, 5.41) is 0. The van der Waals surface area contributed by atoms with E-state index in [0.29, 0.717) is 34.7 Å². The summed E-state index contributed by atoms with van der Waals surface area (Å²) >= 11 is 0. The van der Waals surface area contributed by atoms with Gasteiger partial charge < -0.3 is 13.9 Å². The Hall–Kier alpha value is -4.64. The molecule has 2 aromatic heterocycles. The zero-order valence-electron chi connectivity index (χ0n) is 21.8. The molecule has 3 aromatic carbocycles. The summed E-state index contributed by atoms with van der Waals surface area (Å²) in [5.41, 5.74) is 5.70. The highest BCUT2D eigenvalue weighted by Crippen LogP contribution is 2.47. The first kappa shape index (κ1) is 24.7. The van der Waals surface area contributed by atoms with E-state index in [0.717, 1.165) is 35.1 Å². The van der Waals surface area contributed by atoms with Gasteiger partial charge in [0.15, 0.2) is 0 Å². The topological polar surface area (TPSA) is 57.0 Å². The maximum absolute atomic E-state index is 14.5. The number of aromatic nitrogens is 1. The molecule has 0 aliphatic heterocycles. The Morgan fingerprint density at radius 3 is 2.26 bits per heavy atom. The molecular formula is C34H29NO4. The molecule has 0 amide bonds. The fourth-order valence-electron chi connectivity index (χ4n) is 5.24. The van der Waals surface area contributed by atoms with Crippen molar-refractivity contribution >= 4 is 17.3 Å². The third-order valence-corrected chi connectivity index (χ3v) is 7.13. The first-order chi connectivity index (χ1) is 19.2. The normalized spacial score (nSPS) is 12.8. The minimum Gasteiger partial charge on any atom is -0.487 e. The number of carbonyl (C=O) groups excluding carboxylic acids is 2. The number of nitrogens with zero attached hydrogens (tertiary/aromatic N) is 1. The Bertz CT molecular complexity index is 1650. The molecule has 0 spiro atoms. The predicted octanol–water partition coefficient (Wildman–Crippen LogP) is 7.47. The lowest BCUT2D eigenvalue weighted by molar-refractivity contribution is 0.0527. The number of fused-ring (bicyclic) bond motifs is 1. The minimum absolute atomic E-state index is 0.120. The van der Waals surface area contributed by atoms with Crippen LogP contribution in [-0.4, -0.2) is 22.8 Å². The van der Waals surface area contributed by atoms with Crippen LogP contribution in [-0.2, 0) is 11.3 Å². The molecule has 1 aliphatic carbocycles. The van der Waals surface area contributed by atoms with Crippen LogP contribution in [0.15, 0.2) is 103 Å². The van der Waals surface area contributed by atoms with E-state index in [9.17, 15) is 9.59 Å². The van der Waals surface area contributed by atoms with E-state index in [1.165, 1.54) is 0 Å². The Kier molecular flexibility index (Phi) is 6.72. The van der Waals surface area contributed by atoms with Crippen LogP contribution in [0, 0.1) is 0 Å². The fraction of sp³-hybridized carbons (Fsp3) is 0.176. The number of benzene rings is 3. The van der Waals surface area contributed by atoms with E-state index in [1.807, 2.05) is 108 Å². The van der Waals surface area contributed by atoms with Gasteiger partial charge in [-0.2, -0.15) is 0 Å². The number of hydrogen-bond donors (Lipinski definition) is 0. The van der Waals surface area contributed by atoms with E-state index in [4.69, 9.17) is 9.47 Å². The summed E-state index contributed by atoms with van der Waals surface area (Å²) in [5.74, 6) is 0.112. The van der Waals surface area contributed by atoms with E-state index < -0.39 is 5.97 Å². The molecule has 5 heteroatoms. The summed E-state index contributed by atoms with van der Waals surface area (Å²) in [6, 6.07) is 31.1. The van der Waals surface area contributed by atoms with E-state index in [-0.39, 0.29) is 18.3 Å². The molecule has 6 rings (SSSR count). The molecule has 2 heterocycles. The number of pyridine rings is 1. The number of ether oxygens (including phenoxy) is 2. The first-order valence-corrected chi connectivity index (χ1v) is 13.4. The van der Waals surface area contributed by atoms with Crippen LogP contribution in [0.3, 0.4) is 0 Å². The average molecular weight is 516 g/mol. The van der Waals surface area contributed by atoms with Gasteiger partial charge in [-0.05, 0) is 54.5 Å². The van der Waals surface area contributed by atoms with E-state index in [1.54, 1.807) is 6.92 Å². The lowest BCUT2D eigenvalue weighted by atomic mass is 9.93. The highest BCUT2D eigenvalue weighted by atomic mass is 16.5. The molecule has 194 valence electrons. The van der Waals surface area contributed by atoms with Crippen LogP contribution < -0.4 is 4.74 Å². The molecule has 0 bridgehead atoms. The zero-order valence-corrected chi connectivity index (χ0v) is 21.8. The van der Waals surface area contributed by atoms with Crippen LogP contribution in [0.2, 0.25) is 0 Å². The van der Waals surface area contributed by atoms with Crippen LogP contribution in [0.1, 0.15) is 63.2 Å². The van der Waals surface area contributed by atoms with Crippen molar-refractivity contribution in [1.29, 1.82) is 0 Å². The monoisotopic (exact) mass is 515 g/mol. The van der Waals surface area contributed by atoms with Gasteiger partial charge in [0.1, 0.15) is 17.9 Å². The zero-order chi connectivity index (χ0) is 26.8. The maximum atomic E-state index is 14.5. The quantitative estimate of drug-likeness (QED) is 0.151. The van der Waals surface area contributed by atoms with Gasteiger partial charge in [-0.3, -0.25) is 4.79 Å². The third kappa shape index (κ3) is 4.72. The van der Waals surface area contributed by atoms with Crippen LogP contribution in [0.25, 0.3) is 16.6 Å². The van der Waals surface area contributed by atoms with E-state index >= 15 is 0 Å². The van der Waals surface area contributed by atoms with Crippen LogP contribution in [0.5, 0.6) is 5.75 Å². The summed E-state index contributed by atoms with van der Waals surface area (Å²) in [6.45, 7) is 2.38. The maximum Gasteiger partial charge on any atom is 0.340 e. The molecular weight excluding hydrogens is 486 g/mol. The fourth-order valence-corrected chi connectivity index (χ4v) is 5.24. The summed E-state index contributed by atoms with van der Waals surface area (Å²) in [4.78, 5) is 28.0. The summed E-state index contributed by atoms with van der Waals surface area (Å²) in [7, 11) is 0. The van der Waals surface area contributed by atoms with E-state index in [2.05, 4.69) is 0 Å². The van der Waals surface area contributed by atoms with Crippen molar-refractivity contribution in [2.24, 2.45) is 0 Å².